The highest BCUT2D eigenvalue weighted by Gasteiger charge is 2.18. The Kier molecular flexibility index (Phi) is 5.60. The Morgan fingerprint density at radius 2 is 1.81 bits per heavy atom. The molecule has 0 saturated carbocycles. The number of ether oxygens (including phenoxy) is 2. The molecule has 5 heteroatoms. The van der Waals surface area contributed by atoms with E-state index in [1.807, 2.05) is 44.2 Å². The third kappa shape index (κ3) is 4.37. The van der Waals surface area contributed by atoms with Crippen molar-refractivity contribution in [2.75, 3.05) is 6.61 Å². The topological polar surface area (TPSA) is 65.7 Å². The van der Waals surface area contributed by atoms with Gasteiger partial charge in [0.1, 0.15) is 17.6 Å². The second kappa shape index (κ2) is 8.08. The summed E-state index contributed by atoms with van der Waals surface area (Å²) in [5.41, 5.74) is 1.59. The van der Waals surface area contributed by atoms with E-state index in [-0.39, 0.29) is 11.3 Å². The Morgan fingerprint density at radius 3 is 2.52 bits per heavy atom. The van der Waals surface area contributed by atoms with E-state index >= 15 is 0 Å². The standard InChI is InChI=1S/C22H22O5/c1-14(2)12-26-22(24)15(3)27-17-9-10-18-20(11-17)25-13-19(21(18)23)16-7-5-4-6-8-16/h4-11,13-15H,12H2,1-3H3/t15-/m1/s1. The molecule has 140 valence electrons. The van der Waals surface area contributed by atoms with Crippen LogP contribution in [0.5, 0.6) is 5.75 Å². The van der Waals surface area contributed by atoms with Crippen LogP contribution in [0.3, 0.4) is 0 Å². The summed E-state index contributed by atoms with van der Waals surface area (Å²) < 4.78 is 16.4. The lowest BCUT2D eigenvalue weighted by Gasteiger charge is -2.15. The van der Waals surface area contributed by atoms with Crippen LogP contribution in [-0.2, 0) is 9.53 Å². The molecule has 0 bridgehead atoms. The van der Waals surface area contributed by atoms with Crippen molar-refractivity contribution in [1.82, 2.24) is 0 Å². The van der Waals surface area contributed by atoms with Gasteiger partial charge in [-0.1, -0.05) is 44.2 Å². The molecule has 1 aromatic heterocycles. The minimum Gasteiger partial charge on any atom is -0.479 e. The molecular formula is C22H22O5. The Labute approximate surface area is 157 Å². The zero-order valence-electron chi connectivity index (χ0n) is 15.6. The smallest absolute Gasteiger partial charge is 0.347 e. The predicted molar refractivity (Wildman–Crippen MR) is 104 cm³/mol. The zero-order valence-corrected chi connectivity index (χ0v) is 15.6. The van der Waals surface area contributed by atoms with Crippen LogP contribution in [0.1, 0.15) is 20.8 Å². The number of carbonyl (C=O) groups is 1. The second-order valence-electron chi connectivity index (χ2n) is 6.79. The fraction of sp³-hybridized carbons (Fsp3) is 0.273. The minimum atomic E-state index is -0.753. The maximum absolute atomic E-state index is 12.7. The molecule has 0 amide bonds. The highest BCUT2D eigenvalue weighted by atomic mass is 16.6. The molecule has 27 heavy (non-hydrogen) atoms. The van der Waals surface area contributed by atoms with Crippen LogP contribution in [0, 0.1) is 5.92 Å². The van der Waals surface area contributed by atoms with Crippen molar-refractivity contribution < 1.29 is 18.7 Å². The Bertz CT molecular complexity index is 989. The summed E-state index contributed by atoms with van der Waals surface area (Å²) in [5.74, 6) is 0.270. The average Bonchev–Trinajstić information content (AvgIpc) is 2.67. The van der Waals surface area contributed by atoms with Crippen LogP contribution in [-0.4, -0.2) is 18.7 Å². The number of hydrogen-bond acceptors (Lipinski definition) is 5. The van der Waals surface area contributed by atoms with Crippen molar-refractivity contribution in [2.24, 2.45) is 5.92 Å². The van der Waals surface area contributed by atoms with Crippen molar-refractivity contribution >= 4 is 16.9 Å². The molecule has 0 N–H and O–H groups in total. The monoisotopic (exact) mass is 366 g/mol. The molecule has 1 heterocycles. The average molecular weight is 366 g/mol. The van der Waals surface area contributed by atoms with Gasteiger partial charge in [0, 0.05) is 6.07 Å². The van der Waals surface area contributed by atoms with Crippen molar-refractivity contribution in [3.8, 4) is 16.9 Å². The molecule has 2 aromatic carbocycles. The molecule has 0 spiro atoms. The molecule has 0 aliphatic carbocycles. The molecule has 1 atom stereocenters. The van der Waals surface area contributed by atoms with Gasteiger partial charge in [-0.3, -0.25) is 4.79 Å². The van der Waals surface area contributed by atoms with Gasteiger partial charge >= 0.3 is 5.97 Å². The number of esters is 1. The normalized spacial score (nSPS) is 12.1. The minimum absolute atomic E-state index is 0.113. The van der Waals surface area contributed by atoms with Gasteiger partial charge in [0.25, 0.3) is 0 Å². The molecular weight excluding hydrogens is 344 g/mol. The third-order valence-electron chi connectivity index (χ3n) is 4.03. The predicted octanol–water partition coefficient (Wildman–Crippen LogP) is 4.43. The van der Waals surface area contributed by atoms with E-state index in [1.54, 1.807) is 25.1 Å². The Morgan fingerprint density at radius 1 is 1.07 bits per heavy atom. The van der Waals surface area contributed by atoms with Gasteiger partial charge < -0.3 is 13.9 Å². The van der Waals surface area contributed by atoms with Crippen LogP contribution < -0.4 is 10.2 Å². The van der Waals surface area contributed by atoms with Crippen LogP contribution in [0.25, 0.3) is 22.1 Å². The van der Waals surface area contributed by atoms with E-state index in [9.17, 15) is 9.59 Å². The quantitative estimate of drug-likeness (QED) is 0.604. The molecule has 0 fully saturated rings. The van der Waals surface area contributed by atoms with Gasteiger partial charge in [-0.15, -0.1) is 0 Å². The summed E-state index contributed by atoms with van der Waals surface area (Å²) in [4.78, 5) is 24.7. The zero-order chi connectivity index (χ0) is 19.4. The SMILES string of the molecule is CC(C)COC(=O)[C@@H](C)Oc1ccc2c(=O)c(-c3ccccc3)coc2c1. The van der Waals surface area contributed by atoms with E-state index in [2.05, 4.69) is 0 Å². The van der Waals surface area contributed by atoms with E-state index in [0.717, 1.165) is 5.56 Å². The fourth-order valence-corrected chi connectivity index (χ4v) is 2.62. The van der Waals surface area contributed by atoms with Gasteiger partial charge in [-0.2, -0.15) is 0 Å². The summed E-state index contributed by atoms with van der Waals surface area (Å²) in [6.45, 7) is 5.91. The van der Waals surface area contributed by atoms with Crippen molar-refractivity contribution in [3.63, 3.8) is 0 Å². The number of benzene rings is 2. The largest absolute Gasteiger partial charge is 0.479 e. The van der Waals surface area contributed by atoms with Gasteiger partial charge in [-0.05, 0) is 30.5 Å². The summed E-state index contributed by atoms with van der Waals surface area (Å²) in [6, 6.07) is 14.3. The van der Waals surface area contributed by atoms with E-state index in [4.69, 9.17) is 13.9 Å². The van der Waals surface area contributed by atoms with E-state index < -0.39 is 12.1 Å². The van der Waals surface area contributed by atoms with Crippen LogP contribution >= 0.6 is 0 Å². The summed E-state index contributed by atoms with van der Waals surface area (Å²) in [7, 11) is 0. The van der Waals surface area contributed by atoms with E-state index in [0.29, 0.717) is 28.9 Å². The lowest BCUT2D eigenvalue weighted by Crippen LogP contribution is -2.27. The molecule has 0 aliphatic heterocycles. The highest BCUT2D eigenvalue weighted by molar-refractivity contribution is 5.82. The van der Waals surface area contributed by atoms with Crippen LogP contribution in [0.4, 0.5) is 0 Å². The van der Waals surface area contributed by atoms with Gasteiger partial charge in [-0.25, -0.2) is 4.79 Å². The van der Waals surface area contributed by atoms with Gasteiger partial charge in [0.2, 0.25) is 0 Å². The third-order valence-corrected chi connectivity index (χ3v) is 4.03. The molecule has 3 aromatic rings. The summed E-state index contributed by atoms with van der Waals surface area (Å²) in [5, 5.41) is 0.457. The first-order valence-electron chi connectivity index (χ1n) is 8.90. The van der Waals surface area contributed by atoms with Gasteiger partial charge in [0.05, 0.1) is 17.6 Å². The molecule has 0 aliphatic rings. The highest BCUT2D eigenvalue weighted by Crippen LogP contribution is 2.23. The number of hydrogen-bond donors (Lipinski definition) is 0. The van der Waals surface area contributed by atoms with Crippen molar-refractivity contribution in [2.45, 2.75) is 26.9 Å². The first-order valence-corrected chi connectivity index (χ1v) is 8.90. The first kappa shape index (κ1) is 18.7. The van der Waals surface area contributed by atoms with Gasteiger partial charge in [0.15, 0.2) is 11.5 Å². The van der Waals surface area contributed by atoms with Crippen molar-refractivity contribution in [3.05, 3.63) is 65.0 Å². The second-order valence-corrected chi connectivity index (χ2v) is 6.79. The lowest BCUT2D eigenvalue weighted by atomic mass is 10.1. The van der Waals surface area contributed by atoms with Crippen LogP contribution in [0.15, 0.2) is 64.0 Å². The number of fused-ring (bicyclic) bond motifs is 1. The molecule has 0 unspecified atom stereocenters. The molecule has 5 nitrogen and oxygen atoms in total. The summed E-state index contributed by atoms with van der Waals surface area (Å²) >= 11 is 0. The van der Waals surface area contributed by atoms with E-state index in [1.165, 1.54) is 6.26 Å². The number of carbonyl (C=O) groups excluding carboxylic acids is 1. The summed E-state index contributed by atoms with van der Waals surface area (Å²) in [6.07, 6.45) is 0.695. The molecule has 0 radical (unpaired) electrons. The van der Waals surface area contributed by atoms with Crippen molar-refractivity contribution in [1.29, 1.82) is 0 Å². The fourth-order valence-electron chi connectivity index (χ4n) is 2.62. The Balaban J connectivity index is 1.82. The molecule has 3 rings (SSSR count). The maximum atomic E-state index is 12.7. The molecule has 0 saturated heterocycles. The maximum Gasteiger partial charge on any atom is 0.347 e. The van der Waals surface area contributed by atoms with Crippen LogP contribution in [0.2, 0.25) is 0 Å². The Hall–Kier alpha value is -3.08. The number of rotatable bonds is 6. The lowest BCUT2D eigenvalue weighted by molar-refractivity contribution is -0.152. The first-order chi connectivity index (χ1) is 13.0.